The van der Waals surface area contributed by atoms with Crippen LogP contribution in [0.4, 0.5) is 20.2 Å². The molecule has 1 aromatic carbocycles. The lowest BCUT2D eigenvalue weighted by Crippen LogP contribution is -1.99. The predicted molar refractivity (Wildman–Crippen MR) is 37.4 cm³/mol. The number of halogens is 2. The summed E-state index contributed by atoms with van der Waals surface area (Å²) < 4.78 is 25.2. The summed E-state index contributed by atoms with van der Waals surface area (Å²) in [5, 5.41) is 10.0. The van der Waals surface area contributed by atoms with Gasteiger partial charge in [-0.15, -0.1) is 0 Å². The molecule has 0 saturated carbocycles. The number of nitro benzene ring substituents is 1. The van der Waals surface area contributed by atoms with E-state index in [1.807, 2.05) is 0 Å². The third-order valence-electron chi connectivity index (χ3n) is 1.29. The number of nitrogens with zero attached hydrogens (tertiary/aromatic N) is 1. The number of anilines is 1. The smallest absolute Gasteiger partial charge is 0.308 e. The molecular weight excluding hydrogens is 170 g/mol. The largest absolute Gasteiger partial charge is 0.396 e. The molecule has 0 amide bonds. The number of hydrogen-bond donors (Lipinski definition) is 1. The van der Waals surface area contributed by atoms with Gasteiger partial charge in [-0.2, -0.15) is 4.39 Å². The van der Waals surface area contributed by atoms with Gasteiger partial charge < -0.3 is 5.73 Å². The molecule has 12 heavy (non-hydrogen) atoms. The van der Waals surface area contributed by atoms with Crippen LogP contribution < -0.4 is 5.73 Å². The molecular formula is C6H4F2N2O2. The second-order valence-corrected chi connectivity index (χ2v) is 2.06. The zero-order valence-electron chi connectivity index (χ0n) is 5.75. The van der Waals surface area contributed by atoms with Gasteiger partial charge in [0.1, 0.15) is 0 Å². The summed E-state index contributed by atoms with van der Waals surface area (Å²) in [4.78, 5) is 9.03. The van der Waals surface area contributed by atoms with E-state index in [-0.39, 0.29) is 0 Å². The fourth-order valence-electron chi connectivity index (χ4n) is 0.695. The van der Waals surface area contributed by atoms with Gasteiger partial charge in [0.25, 0.3) is 0 Å². The summed E-state index contributed by atoms with van der Waals surface area (Å²) in [6.45, 7) is 0. The first kappa shape index (κ1) is 8.38. The average Bonchev–Trinajstić information content (AvgIpc) is 2.00. The molecule has 0 heterocycles. The van der Waals surface area contributed by atoms with Gasteiger partial charge in [0.15, 0.2) is 5.82 Å². The van der Waals surface area contributed by atoms with Crippen molar-refractivity contribution >= 4 is 11.4 Å². The predicted octanol–water partition coefficient (Wildman–Crippen LogP) is 1.46. The number of hydrogen-bond acceptors (Lipinski definition) is 3. The van der Waals surface area contributed by atoms with Crippen LogP contribution in [0.2, 0.25) is 0 Å². The van der Waals surface area contributed by atoms with Crippen molar-refractivity contribution in [1.29, 1.82) is 0 Å². The maximum atomic E-state index is 12.6. The van der Waals surface area contributed by atoms with Gasteiger partial charge in [-0.25, -0.2) is 4.39 Å². The van der Waals surface area contributed by atoms with Gasteiger partial charge in [-0.05, 0) is 6.07 Å². The Morgan fingerprint density at radius 1 is 1.33 bits per heavy atom. The fraction of sp³-hybridized carbons (Fsp3) is 0. The van der Waals surface area contributed by atoms with Gasteiger partial charge in [0, 0.05) is 6.07 Å². The second-order valence-electron chi connectivity index (χ2n) is 2.06. The number of benzene rings is 1. The Morgan fingerprint density at radius 2 is 1.92 bits per heavy atom. The molecule has 0 radical (unpaired) electrons. The normalized spacial score (nSPS) is 9.83. The molecule has 0 fully saturated rings. The van der Waals surface area contributed by atoms with E-state index in [1.165, 1.54) is 0 Å². The van der Waals surface area contributed by atoms with Crippen molar-refractivity contribution in [3.8, 4) is 0 Å². The Hall–Kier alpha value is -1.72. The molecule has 2 N–H and O–H groups in total. The minimum absolute atomic E-state index is 0.446. The molecule has 64 valence electrons. The maximum absolute atomic E-state index is 12.6. The van der Waals surface area contributed by atoms with E-state index in [0.717, 1.165) is 12.1 Å². The molecule has 0 atom stereocenters. The van der Waals surface area contributed by atoms with Crippen LogP contribution in [0.3, 0.4) is 0 Å². The van der Waals surface area contributed by atoms with Crippen LogP contribution >= 0.6 is 0 Å². The quantitative estimate of drug-likeness (QED) is 0.398. The fourth-order valence-corrected chi connectivity index (χ4v) is 0.695. The van der Waals surface area contributed by atoms with Crippen LogP contribution in [0.1, 0.15) is 0 Å². The first-order valence-corrected chi connectivity index (χ1v) is 2.92. The molecule has 6 heteroatoms. The van der Waals surface area contributed by atoms with Gasteiger partial charge >= 0.3 is 5.69 Å². The van der Waals surface area contributed by atoms with Crippen molar-refractivity contribution < 1.29 is 13.7 Å². The highest BCUT2D eigenvalue weighted by Gasteiger charge is 2.19. The first-order valence-electron chi connectivity index (χ1n) is 2.92. The summed E-state index contributed by atoms with van der Waals surface area (Å²) in [5.41, 5.74) is 3.59. The van der Waals surface area contributed by atoms with Crippen molar-refractivity contribution in [2.75, 3.05) is 5.73 Å². The lowest BCUT2D eigenvalue weighted by atomic mass is 10.2. The summed E-state index contributed by atoms with van der Waals surface area (Å²) in [7, 11) is 0. The molecule has 0 bridgehead atoms. The van der Waals surface area contributed by atoms with E-state index < -0.39 is 27.9 Å². The van der Waals surface area contributed by atoms with E-state index in [4.69, 9.17) is 5.73 Å². The summed E-state index contributed by atoms with van der Waals surface area (Å²) in [5.74, 6) is -2.91. The SMILES string of the molecule is Nc1ccc([N+](=O)[O-])c(F)c1F. The molecule has 0 spiro atoms. The van der Waals surface area contributed by atoms with Crippen LogP contribution in [0.15, 0.2) is 12.1 Å². The number of nitrogen functional groups attached to an aromatic ring is 1. The van der Waals surface area contributed by atoms with Crippen LogP contribution in [-0.2, 0) is 0 Å². The van der Waals surface area contributed by atoms with Crippen LogP contribution in [-0.4, -0.2) is 4.92 Å². The van der Waals surface area contributed by atoms with Crippen molar-refractivity contribution in [3.63, 3.8) is 0 Å². The molecule has 0 unspecified atom stereocenters. The zero-order chi connectivity index (χ0) is 9.30. The average molecular weight is 174 g/mol. The Bertz CT molecular complexity index is 341. The minimum atomic E-state index is -1.53. The Morgan fingerprint density at radius 3 is 2.42 bits per heavy atom. The Balaban J connectivity index is 3.36. The third-order valence-corrected chi connectivity index (χ3v) is 1.29. The molecule has 0 aliphatic heterocycles. The van der Waals surface area contributed by atoms with Crippen molar-refractivity contribution in [3.05, 3.63) is 33.9 Å². The maximum Gasteiger partial charge on any atom is 0.308 e. The number of nitrogens with two attached hydrogens (primary N) is 1. The van der Waals surface area contributed by atoms with E-state index in [1.54, 1.807) is 0 Å². The molecule has 0 saturated heterocycles. The lowest BCUT2D eigenvalue weighted by Gasteiger charge is -1.97. The van der Waals surface area contributed by atoms with Gasteiger partial charge in [0.05, 0.1) is 10.6 Å². The standard InChI is InChI=1S/C6H4F2N2O2/c7-5-3(9)1-2-4(6(5)8)10(11)12/h1-2H,9H2. The van der Waals surface area contributed by atoms with E-state index in [2.05, 4.69) is 0 Å². The number of nitro groups is 1. The highest BCUT2D eigenvalue weighted by Crippen LogP contribution is 2.23. The summed E-state index contributed by atoms with van der Waals surface area (Å²) in [6.07, 6.45) is 0. The third kappa shape index (κ3) is 1.18. The summed E-state index contributed by atoms with van der Waals surface area (Å²) >= 11 is 0. The van der Waals surface area contributed by atoms with E-state index >= 15 is 0 Å². The second kappa shape index (κ2) is 2.72. The first-order chi connectivity index (χ1) is 5.54. The van der Waals surface area contributed by atoms with Gasteiger partial charge in [0.2, 0.25) is 5.82 Å². The van der Waals surface area contributed by atoms with E-state index in [0.29, 0.717) is 0 Å². The molecule has 1 aromatic rings. The highest BCUT2D eigenvalue weighted by atomic mass is 19.2. The van der Waals surface area contributed by atoms with Crippen molar-refractivity contribution in [2.45, 2.75) is 0 Å². The van der Waals surface area contributed by atoms with Crippen molar-refractivity contribution in [2.24, 2.45) is 0 Å². The lowest BCUT2D eigenvalue weighted by molar-refractivity contribution is -0.387. The van der Waals surface area contributed by atoms with Gasteiger partial charge in [-0.1, -0.05) is 0 Å². The van der Waals surface area contributed by atoms with Gasteiger partial charge in [-0.3, -0.25) is 10.1 Å². The van der Waals surface area contributed by atoms with Crippen LogP contribution in [0, 0.1) is 21.7 Å². The topological polar surface area (TPSA) is 69.2 Å². The van der Waals surface area contributed by atoms with Crippen LogP contribution in [0.5, 0.6) is 0 Å². The van der Waals surface area contributed by atoms with E-state index in [9.17, 15) is 18.9 Å². The highest BCUT2D eigenvalue weighted by molar-refractivity contribution is 5.47. The minimum Gasteiger partial charge on any atom is -0.396 e. The van der Waals surface area contributed by atoms with Crippen LogP contribution in [0.25, 0.3) is 0 Å². The molecule has 1 rings (SSSR count). The zero-order valence-corrected chi connectivity index (χ0v) is 5.75. The Labute approximate surface area is 65.8 Å². The molecule has 0 aliphatic carbocycles. The monoisotopic (exact) mass is 174 g/mol. The molecule has 4 nitrogen and oxygen atoms in total. The molecule has 0 aliphatic rings. The Kier molecular flexibility index (Phi) is 1.90. The van der Waals surface area contributed by atoms with Crippen molar-refractivity contribution in [1.82, 2.24) is 0 Å². The molecule has 0 aromatic heterocycles. The summed E-state index contributed by atoms with van der Waals surface area (Å²) in [6, 6.07) is 1.75. The number of rotatable bonds is 1.